The third-order valence-corrected chi connectivity index (χ3v) is 4.41. The third-order valence-electron chi connectivity index (χ3n) is 2.86. The van der Waals surface area contributed by atoms with Crippen LogP contribution in [-0.4, -0.2) is 15.5 Å². The molecule has 20 heavy (non-hydrogen) atoms. The van der Waals surface area contributed by atoms with E-state index in [-0.39, 0.29) is 5.91 Å². The molecule has 0 atom stereocenters. The van der Waals surface area contributed by atoms with Gasteiger partial charge in [-0.25, -0.2) is 0 Å². The molecule has 100 valence electrons. The third kappa shape index (κ3) is 2.44. The van der Waals surface area contributed by atoms with Gasteiger partial charge in [0.05, 0.1) is 15.8 Å². The van der Waals surface area contributed by atoms with E-state index in [9.17, 15) is 4.79 Å². The highest BCUT2D eigenvalue weighted by molar-refractivity contribution is 9.10. The van der Waals surface area contributed by atoms with E-state index in [1.165, 1.54) is 17.5 Å². The highest BCUT2D eigenvalue weighted by Crippen LogP contribution is 2.15. The Morgan fingerprint density at radius 3 is 2.90 bits per heavy atom. The Morgan fingerprint density at radius 1 is 1.35 bits per heavy atom. The van der Waals surface area contributed by atoms with Crippen molar-refractivity contribution in [2.45, 2.75) is 0 Å². The molecule has 4 nitrogen and oxygen atoms in total. The Balaban J connectivity index is 2.10. The van der Waals surface area contributed by atoms with Gasteiger partial charge in [-0.1, -0.05) is 23.5 Å². The van der Waals surface area contributed by atoms with E-state index < -0.39 is 0 Å². The Bertz CT molecular complexity index is 866. The maximum atomic E-state index is 12.2. The van der Waals surface area contributed by atoms with Gasteiger partial charge in [0.1, 0.15) is 0 Å². The Kier molecular flexibility index (Phi) is 3.50. The summed E-state index contributed by atoms with van der Waals surface area (Å²) in [6.07, 6.45) is 3.15. The zero-order chi connectivity index (χ0) is 14.1. The number of hydrogen-bond donors (Lipinski definition) is 0. The Hall–Kier alpha value is -1.79. The van der Waals surface area contributed by atoms with Crippen LogP contribution in [-0.2, 0) is 7.05 Å². The standard InChI is InChI=1S/C14H10BrN3OS/c1-18-11-4-2-3-5-12(11)20-14(18)17-13(19)9-6-10(15)8-16-7-9/h2-8H,1H3. The predicted molar refractivity (Wildman–Crippen MR) is 82.6 cm³/mol. The second kappa shape index (κ2) is 5.30. The first-order valence-corrected chi connectivity index (χ1v) is 7.50. The molecule has 1 amide bonds. The number of pyridine rings is 1. The number of carbonyl (C=O) groups is 1. The van der Waals surface area contributed by atoms with Crippen molar-refractivity contribution in [2.24, 2.45) is 12.0 Å². The van der Waals surface area contributed by atoms with Crippen LogP contribution in [0.1, 0.15) is 10.4 Å². The fraction of sp³-hybridized carbons (Fsp3) is 0.0714. The van der Waals surface area contributed by atoms with Gasteiger partial charge in [-0.3, -0.25) is 9.78 Å². The quantitative estimate of drug-likeness (QED) is 0.678. The first-order valence-electron chi connectivity index (χ1n) is 5.89. The second-order valence-corrected chi connectivity index (χ2v) is 6.14. The molecule has 0 fully saturated rings. The fourth-order valence-corrected chi connectivity index (χ4v) is 3.25. The molecule has 1 aromatic carbocycles. The van der Waals surface area contributed by atoms with E-state index in [0.717, 1.165) is 14.7 Å². The van der Waals surface area contributed by atoms with E-state index in [1.54, 1.807) is 12.3 Å². The van der Waals surface area contributed by atoms with Crippen LogP contribution in [0.15, 0.2) is 52.2 Å². The molecule has 3 aromatic rings. The molecule has 0 aliphatic heterocycles. The predicted octanol–water partition coefficient (Wildman–Crippen LogP) is 3.14. The highest BCUT2D eigenvalue weighted by Gasteiger charge is 2.07. The summed E-state index contributed by atoms with van der Waals surface area (Å²) in [6.45, 7) is 0. The van der Waals surface area contributed by atoms with Gasteiger partial charge in [-0.2, -0.15) is 4.99 Å². The lowest BCUT2D eigenvalue weighted by Crippen LogP contribution is -2.13. The molecule has 6 heteroatoms. The molecule has 0 bridgehead atoms. The summed E-state index contributed by atoms with van der Waals surface area (Å²) in [6, 6.07) is 9.69. The van der Waals surface area contributed by atoms with Gasteiger partial charge in [0, 0.05) is 23.9 Å². The van der Waals surface area contributed by atoms with Gasteiger partial charge in [0.2, 0.25) is 0 Å². The summed E-state index contributed by atoms with van der Waals surface area (Å²) in [7, 11) is 1.91. The number of benzene rings is 1. The van der Waals surface area contributed by atoms with Crippen LogP contribution in [0.25, 0.3) is 10.2 Å². The number of fused-ring (bicyclic) bond motifs is 1. The Labute approximate surface area is 127 Å². The minimum atomic E-state index is -0.291. The molecular weight excluding hydrogens is 338 g/mol. The van der Waals surface area contributed by atoms with Crippen molar-refractivity contribution < 1.29 is 4.79 Å². The lowest BCUT2D eigenvalue weighted by Gasteiger charge is -1.96. The first kappa shape index (κ1) is 13.2. The molecule has 0 saturated heterocycles. The van der Waals surface area contributed by atoms with Crippen LogP contribution in [0.2, 0.25) is 0 Å². The summed E-state index contributed by atoms with van der Waals surface area (Å²) in [5.74, 6) is -0.291. The van der Waals surface area contributed by atoms with E-state index >= 15 is 0 Å². The SMILES string of the molecule is Cn1c(=NC(=O)c2cncc(Br)c2)sc2ccccc21. The monoisotopic (exact) mass is 347 g/mol. The molecule has 2 heterocycles. The average molecular weight is 348 g/mol. The summed E-state index contributed by atoms with van der Waals surface area (Å²) in [5.41, 5.74) is 1.54. The normalized spacial score (nSPS) is 12.0. The number of aryl methyl sites for hydroxylation is 1. The van der Waals surface area contributed by atoms with Crippen LogP contribution in [0, 0.1) is 0 Å². The van der Waals surface area contributed by atoms with Crippen LogP contribution in [0.5, 0.6) is 0 Å². The van der Waals surface area contributed by atoms with E-state index in [0.29, 0.717) is 10.4 Å². The van der Waals surface area contributed by atoms with Crippen LogP contribution in [0.4, 0.5) is 0 Å². The number of thiazole rings is 1. The fourth-order valence-electron chi connectivity index (χ4n) is 1.87. The van der Waals surface area contributed by atoms with Crippen molar-refractivity contribution in [3.8, 4) is 0 Å². The molecular formula is C14H10BrN3OS. The van der Waals surface area contributed by atoms with E-state index in [4.69, 9.17) is 0 Å². The highest BCUT2D eigenvalue weighted by atomic mass is 79.9. The number of carbonyl (C=O) groups excluding carboxylic acids is 1. The van der Waals surface area contributed by atoms with Gasteiger partial charge >= 0.3 is 0 Å². The van der Waals surface area contributed by atoms with Crippen molar-refractivity contribution in [3.05, 3.63) is 57.6 Å². The number of hydrogen-bond acceptors (Lipinski definition) is 3. The lowest BCUT2D eigenvalue weighted by molar-refractivity contribution is 0.0997. The number of para-hydroxylation sites is 1. The van der Waals surface area contributed by atoms with Crippen molar-refractivity contribution in [1.29, 1.82) is 0 Å². The van der Waals surface area contributed by atoms with Crippen LogP contribution in [0.3, 0.4) is 0 Å². The molecule has 2 aromatic heterocycles. The summed E-state index contributed by atoms with van der Waals surface area (Å²) in [5, 5.41) is 0. The van der Waals surface area contributed by atoms with Crippen molar-refractivity contribution >= 4 is 43.4 Å². The van der Waals surface area contributed by atoms with Crippen molar-refractivity contribution in [3.63, 3.8) is 0 Å². The average Bonchev–Trinajstić information content (AvgIpc) is 2.76. The first-order chi connectivity index (χ1) is 9.65. The van der Waals surface area contributed by atoms with Gasteiger partial charge in [0.25, 0.3) is 5.91 Å². The molecule has 0 aliphatic rings. The topological polar surface area (TPSA) is 47.2 Å². The largest absolute Gasteiger partial charge is 0.319 e. The molecule has 3 rings (SSSR count). The molecule has 0 N–H and O–H groups in total. The number of rotatable bonds is 1. The maximum Gasteiger partial charge on any atom is 0.281 e. The lowest BCUT2D eigenvalue weighted by atomic mass is 10.3. The number of halogens is 1. The maximum absolute atomic E-state index is 12.2. The molecule has 0 saturated carbocycles. The zero-order valence-electron chi connectivity index (χ0n) is 10.6. The van der Waals surface area contributed by atoms with Crippen LogP contribution < -0.4 is 4.80 Å². The zero-order valence-corrected chi connectivity index (χ0v) is 13.0. The summed E-state index contributed by atoms with van der Waals surface area (Å²) in [4.78, 5) is 21.0. The number of aromatic nitrogens is 2. The Morgan fingerprint density at radius 2 is 2.15 bits per heavy atom. The van der Waals surface area contributed by atoms with Gasteiger partial charge < -0.3 is 4.57 Å². The minimum absolute atomic E-state index is 0.291. The second-order valence-electron chi connectivity index (χ2n) is 4.22. The molecule has 0 radical (unpaired) electrons. The summed E-state index contributed by atoms with van der Waals surface area (Å²) < 4.78 is 3.79. The van der Waals surface area contributed by atoms with Gasteiger partial charge in [0.15, 0.2) is 4.80 Å². The van der Waals surface area contributed by atoms with Crippen molar-refractivity contribution in [2.75, 3.05) is 0 Å². The van der Waals surface area contributed by atoms with Gasteiger partial charge in [-0.15, -0.1) is 0 Å². The van der Waals surface area contributed by atoms with Crippen molar-refractivity contribution in [1.82, 2.24) is 9.55 Å². The smallest absolute Gasteiger partial charge is 0.281 e. The van der Waals surface area contributed by atoms with Crippen LogP contribution >= 0.6 is 27.3 Å². The molecule has 0 aliphatic carbocycles. The summed E-state index contributed by atoms with van der Waals surface area (Å²) >= 11 is 4.79. The van der Waals surface area contributed by atoms with Gasteiger partial charge in [-0.05, 0) is 34.1 Å². The molecule has 0 unspecified atom stereocenters. The molecule has 0 spiro atoms. The van der Waals surface area contributed by atoms with E-state index in [2.05, 4.69) is 25.9 Å². The minimum Gasteiger partial charge on any atom is -0.319 e. The van der Waals surface area contributed by atoms with E-state index in [1.807, 2.05) is 35.9 Å². The number of nitrogens with zero attached hydrogens (tertiary/aromatic N) is 3. The number of amides is 1.